The van der Waals surface area contributed by atoms with Crippen LogP contribution in [0.5, 0.6) is 0 Å². The summed E-state index contributed by atoms with van der Waals surface area (Å²) in [5, 5.41) is 23.5. The molecule has 520 valence electrons. The highest BCUT2D eigenvalue weighted by molar-refractivity contribution is 5.76. The van der Waals surface area contributed by atoms with Crippen molar-refractivity contribution in [3.8, 4) is 0 Å². The molecule has 0 aliphatic rings. The van der Waals surface area contributed by atoms with Crippen molar-refractivity contribution in [2.75, 3.05) is 13.2 Å². The average molecular weight is 1230 g/mol. The van der Waals surface area contributed by atoms with Gasteiger partial charge in [-0.05, 0) is 25.7 Å². The zero-order valence-electron chi connectivity index (χ0n) is 59.8. The Kier molecular flexibility index (Phi) is 76.3. The molecule has 0 saturated heterocycles. The standard InChI is InChI=1S/C81H161NO5/c1-3-5-7-9-11-13-15-17-19-20-21-39-42-46-49-53-57-61-65-69-73-79(84)78(77-83)82-80(85)74-70-66-62-58-54-50-47-43-40-37-35-33-31-29-27-25-23-22-24-26-28-30-32-34-36-38-41-44-48-52-56-60-64-68-72-76-87-81(86)75-71-67-63-59-55-51-45-18-16-14-12-10-8-6-4-2/h78-79,83-84H,3-77H2,1-2H3,(H,82,85). The van der Waals surface area contributed by atoms with Crippen LogP contribution in [0.2, 0.25) is 0 Å². The van der Waals surface area contributed by atoms with Crippen LogP contribution >= 0.6 is 0 Å². The van der Waals surface area contributed by atoms with Crippen molar-refractivity contribution in [1.29, 1.82) is 0 Å². The van der Waals surface area contributed by atoms with Crippen LogP contribution in [0, 0.1) is 0 Å². The molecule has 6 heteroatoms. The molecule has 1 amide bonds. The van der Waals surface area contributed by atoms with Crippen LogP contribution in [-0.4, -0.2) is 47.4 Å². The zero-order chi connectivity index (χ0) is 62.8. The molecule has 0 fully saturated rings. The van der Waals surface area contributed by atoms with E-state index in [4.69, 9.17) is 4.74 Å². The minimum atomic E-state index is -0.660. The second-order valence-electron chi connectivity index (χ2n) is 28.5. The number of aliphatic hydroxyl groups is 2. The third kappa shape index (κ3) is 73.8. The Bertz CT molecular complexity index is 1280. The molecule has 2 unspecified atom stereocenters. The van der Waals surface area contributed by atoms with Crippen LogP contribution in [0.25, 0.3) is 0 Å². The van der Waals surface area contributed by atoms with Crippen LogP contribution < -0.4 is 5.32 Å². The fraction of sp³-hybridized carbons (Fsp3) is 0.975. The molecule has 0 spiro atoms. The van der Waals surface area contributed by atoms with E-state index in [1.165, 1.54) is 411 Å². The van der Waals surface area contributed by atoms with E-state index in [1.54, 1.807) is 0 Å². The summed E-state index contributed by atoms with van der Waals surface area (Å²) in [4.78, 5) is 24.7. The lowest BCUT2D eigenvalue weighted by atomic mass is 10.0. The van der Waals surface area contributed by atoms with E-state index < -0.39 is 12.1 Å². The van der Waals surface area contributed by atoms with Crippen molar-refractivity contribution >= 4 is 11.9 Å². The van der Waals surface area contributed by atoms with Crippen LogP contribution in [0.3, 0.4) is 0 Å². The minimum absolute atomic E-state index is 0.0237. The molecule has 0 aromatic heterocycles. The maximum absolute atomic E-state index is 12.6. The van der Waals surface area contributed by atoms with Gasteiger partial charge in [-0.1, -0.05) is 444 Å². The molecule has 0 aliphatic heterocycles. The third-order valence-corrected chi connectivity index (χ3v) is 19.7. The normalized spacial score (nSPS) is 12.4. The predicted molar refractivity (Wildman–Crippen MR) is 384 cm³/mol. The van der Waals surface area contributed by atoms with Gasteiger partial charge >= 0.3 is 5.97 Å². The summed E-state index contributed by atoms with van der Waals surface area (Å²) in [5.41, 5.74) is 0. The molecule has 87 heavy (non-hydrogen) atoms. The quantitative estimate of drug-likeness (QED) is 0.0417. The van der Waals surface area contributed by atoms with E-state index in [9.17, 15) is 19.8 Å². The molecule has 0 radical (unpaired) electrons. The Morgan fingerprint density at radius 1 is 0.276 bits per heavy atom. The number of carbonyl (C=O) groups excluding carboxylic acids is 2. The molecular formula is C81H161NO5. The fourth-order valence-corrected chi connectivity index (χ4v) is 13.5. The van der Waals surface area contributed by atoms with E-state index in [-0.39, 0.29) is 18.5 Å². The highest BCUT2D eigenvalue weighted by atomic mass is 16.5. The largest absolute Gasteiger partial charge is 0.466 e. The van der Waals surface area contributed by atoms with E-state index in [2.05, 4.69) is 19.2 Å². The van der Waals surface area contributed by atoms with Crippen LogP contribution in [0.15, 0.2) is 0 Å². The first-order chi connectivity index (χ1) is 43.0. The topological polar surface area (TPSA) is 95.9 Å². The fourth-order valence-electron chi connectivity index (χ4n) is 13.5. The minimum Gasteiger partial charge on any atom is -0.466 e. The second kappa shape index (κ2) is 77.3. The Morgan fingerprint density at radius 3 is 0.701 bits per heavy atom. The molecule has 0 bridgehead atoms. The molecule has 2 atom stereocenters. The van der Waals surface area contributed by atoms with E-state index in [0.717, 1.165) is 38.5 Å². The molecule has 0 aromatic carbocycles. The maximum atomic E-state index is 12.6. The lowest BCUT2D eigenvalue weighted by Crippen LogP contribution is -2.45. The number of nitrogens with one attached hydrogen (secondary N) is 1. The lowest BCUT2D eigenvalue weighted by molar-refractivity contribution is -0.143. The summed E-state index contributed by atoms with van der Waals surface area (Å²) < 4.78 is 5.51. The number of carbonyl (C=O) groups is 2. The zero-order valence-corrected chi connectivity index (χ0v) is 59.8. The van der Waals surface area contributed by atoms with Gasteiger partial charge in [-0.25, -0.2) is 0 Å². The molecule has 3 N–H and O–H groups in total. The third-order valence-electron chi connectivity index (χ3n) is 19.7. The first-order valence-electron chi connectivity index (χ1n) is 40.8. The van der Waals surface area contributed by atoms with Gasteiger partial charge in [0.15, 0.2) is 0 Å². The van der Waals surface area contributed by atoms with Crippen molar-refractivity contribution in [2.24, 2.45) is 0 Å². The van der Waals surface area contributed by atoms with E-state index in [0.29, 0.717) is 25.9 Å². The Hall–Kier alpha value is -1.14. The van der Waals surface area contributed by atoms with E-state index >= 15 is 0 Å². The summed E-state index contributed by atoms with van der Waals surface area (Å²) in [6, 6.07) is -0.537. The average Bonchev–Trinajstić information content (AvgIpc) is 3.58. The smallest absolute Gasteiger partial charge is 0.305 e. The van der Waals surface area contributed by atoms with Crippen LogP contribution in [-0.2, 0) is 14.3 Å². The van der Waals surface area contributed by atoms with Crippen LogP contribution in [0.4, 0.5) is 0 Å². The highest BCUT2D eigenvalue weighted by Gasteiger charge is 2.20. The number of hydrogen-bond acceptors (Lipinski definition) is 5. The van der Waals surface area contributed by atoms with E-state index in [1.807, 2.05) is 0 Å². The molecule has 6 nitrogen and oxygen atoms in total. The number of aliphatic hydroxyl groups excluding tert-OH is 2. The van der Waals surface area contributed by atoms with Crippen molar-refractivity contribution < 1.29 is 24.5 Å². The summed E-state index contributed by atoms with van der Waals surface area (Å²) in [7, 11) is 0. The SMILES string of the molecule is CCCCCCCCCCCCCCCCCCCCCCC(O)C(CO)NC(=O)CCCCCCCCCCCCCCCCCCCCCCCCCCCCCCCCCCCCCOC(=O)CCCCCCCCCCCCCCCCC. The Balaban J connectivity index is 3.30. The number of hydrogen-bond donors (Lipinski definition) is 3. The van der Waals surface area contributed by atoms with Gasteiger partial charge in [-0.3, -0.25) is 9.59 Å². The van der Waals surface area contributed by atoms with Crippen molar-refractivity contribution in [3.63, 3.8) is 0 Å². The number of rotatable bonds is 78. The van der Waals surface area contributed by atoms with Gasteiger partial charge in [0.1, 0.15) is 0 Å². The highest BCUT2D eigenvalue weighted by Crippen LogP contribution is 2.21. The molecule has 0 aliphatic carbocycles. The number of amides is 1. The lowest BCUT2D eigenvalue weighted by Gasteiger charge is -2.22. The summed E-state index contributed by atoms with van der Waals surface area (Å²) >= 11 is 0. The first-order valence-corrected chi connectivity index (χ1v) is 40.8. The van der Waals surface area contributed by atoms with Crippen molar-refractivity contribution in [1.82, 2.24) is 5.32 Å². The van der Waals surface area contributed by atoms with Gasteiger partial charge in [-0.2, -0.15) is 0 Å². The van der Waals surface area contributed by atoms with Gasteiger partial charge < -0.3 is 20.3 Å². The summed E-state index contributed by atoms with van der Waals surface area (Å²) in [6.45, 7) is 5.02. The number of ether oxygens (including phenoxy) is 1. The Labute approximate surface area is 547 Å². The van der Waals surface area contributed by atoms with Gasteiger partial charge in [0.05, 0.1) is 25.4 Å². The van der Waals surface area contributed by atoms with Crippen molar-refractivity contribution in [3.05, 3.63) is 0 Å². The van der Waals surface area contributed by atoms with Gasteiger partial charge in [-0.15, -0.1) is 0 Å². The number of unbranched alkanes of at least 4 members (excludes halogenated alkanes) is 67. The first kappa shape index (κ1) is 85.9. The summed E-state index contributed by atoms with van der Waals surface area (Å²) in [5.74, 6) is 0.00335. The molecule has 0 saturated carbocycles. The maximum Gasteiger partial charge on any atom is 0.305 e. The van der Waals surface area contributed by atoms with Crippen LogP contribution in [0.1, 0.15) is 483 Å². The Morgan fingerprint density at radius 2 is 0.471 bits per heavy atom. The van der Waals surface area contributed by atoms with Crippen molar-refractivity contribution in [2.45, 2.75) is 495 Å². The van der Waals surface area contributed by atoms with Gasteiger partial charge in [0, 0.05) is 12.8 Å². The number of esters is 1. The summed E-state index contributed by atoms with van der Waals surface area (Å²) in [6.07, 6.45) is 96.4. The van der Waals surface area contributed by atoms with Gasteiger partial charge in [0.2, 0.25) is 5.91 Å². The molecular weight excluding hydrogens is 1070 g/mol. The second-order valence-corrected chi connectivity index (χ2v) is 28.5. The molecule has 0 aromatic rings. The monoisotopic (exact) mass is 1230 g/mol. The van der Waals surface area contributed by atoms with Gasteiger partial charge in [0.25, 0.3) is 0 Å². The predicted octanol–water partition coefficient (Wildman–Crippen LogP) is 26.9. The molecule has 0 rings (SSSR count). The molecule has 0 heterocycles.